The van der Waals surface area contributed by atoms with E-state index in [0.717, 1.165) is 36.3 Å². The highest BCUT2D eigenvalue weighted by Gasteiger charge is 2.28. The number of piperidine rings is 1. The Bertz CT molecular complexity index is 914. The first kappa shape index (κ1) is 16.5. The van der Waals surface area contributed by atoms with Gasteiger partial charge in [-0.15, -0.1) is 0 Å². The second kappa shape index (κ2) is 6.74. The number of aryl methyl sites for hydroxylation is 1. The first-order valence-corrected chi connectivity index (χ1v) is 8.70. The molecule has 1 saturated heterocycles. The van der Waals surface area contributed by atoms with Crippen LogP contribution in [0.3, 0.4) is 0 Å². The Hall–Kier alpha value is -2.96. The first-order valence-electron chi connectivity index (χ1n) is 8.70. The fourth-order valence-corrected chi connectivity index (χ4v) is 3.48. The van der Waals surface area contributed by atoms with Crippen molar-refractivity contribution in [3.63, 3.8) is 0 Å². The summed E-state index contributed by atoms with van der Waals surface area (Å²) < 4.78 is 14.7. The maximum absolute atomic E-state index is 13.1. The second-order valence-electron chi connectivity index (χ2n) is 6.65. The van der Waals surface area contributed by atoms with Crippen LogP contribution in [0, 0.1) is 5.82 Å². The molecule has 4 rings (SSSR count). The summed E-state index contributed by atoms with van der Waals surface area (Å²) in [6.07, 6.45) is 3.58. The maximum Gasteiger partial charge on any atom is 0.272 e. The van der Waals surface area contributed by atoms with Gasteiger partial charge in [0.2, 0.25) is 0 Å². The third-order valence-corrected chi connectivity index (χ3v) is 4.93. The zero-order valence-corrected chi connectivity index (χ0v) is 14.5. The summed E-state index contributed by atoms with van der Waals surface area (Å²) in [6.45, 7) is 1.40. The standard InChI is InChI=1S/C19H20FN5O/c1-24-18(8-9-21-24)19(26)25-10-2-3-14(12-25)17-11-16(22-23-17)13-4-6-15(20)7-5-13/h4-9,11,14H,2-3,10,12H2,1H3,(H,22,23)/t14-/m0/s1. The van der Waals surface area contributed by atoms with E-state index in [0.29, 0.717) is 12.2 Å². The van der Waals surface area contributed by atoms with Crippen LogP contribution < -0.4 is 0 Å². The van der Waals surface area contributed by atoms with Crippen molar-refractivity contribution in [3.05, 3.63) is 59.8 Å². The van der Waals surface area contributed by atoms with E-state index in [-0.39, 0.29) is 17.6 Å². The van der Waals surface area contributed by atoms with Gasteiger partial charge in [0.15, 0.2) is 0 Å². The van der Waals surface area contributed by atoms with Gasteiger partial charge >= 0.3 is 0 Å². The summed E-state index contributed by atoms with van der Waals surface area (Å²) >= 11 is 0. The van der Waals surface area contributed by atoms with Gasteiger partial charge in [-0.05, 0) is 49.2 Å². The van der Waals surface area contributed by atoms with E-state index < -0.39 is 0 Å². The average Bonchev–Trinajstić information content (AvgIpc) is 3.31. The Labute approximate surface area is 150 Å². The molecule has 0 saturated carbocycles. The Kier molecular flexibility index (Phi) is 4.28. The van der Waals surface area contributed by atoms with Crippen LogP contribution in [-0.2, 0) is 7.05 Å². The van der Waals surface area contributed by atoms with E-state index in [1.807, 2.05) is 11.0 Å². The highest BCUT2D eigenvalue weighted by molar-refractivity contribution is 5.92. The van der Waals surface area contributed by atoms with Crippen LogP contribution in [0.25, 0.3) is 11.3 Å². The molecular formula is C19H20FN5O. The van der Waals surface area contributed by atoms with Gasteiger partial charge in [-0.3, -0.25) is 14.6 Å². The monoisotopic (exact) mass is 353 g/mol. The molecule has 1 atom stereocenters. The van der Waals surface area contributed by atoms with E-state index >= 15 is 0 Å². The predicted molar refractivity (Wildman–Crippen MR) is 95.1 cm³/mol. The van der Waals surface area contributed by atoms with Crippen molar-refractivity contribution in [1.82, 2.24) is 24.9 Å². The lowest BCUT2D eigenvalue weighted by Gasteiger charge is -2.32. The van der Waals surface area contributed by atoms with Crippen LogP contribution in [0.2, 0.25) is 0 Å². The number of rotatable bonds is 3. The number of hydrogen-bond donors (Lipinski definition) is 1. The predicted octanol–water partition coefficient (Wildman–Crippen LogP) is 2.97. The van der Waals surface area contributed by atoms with Gasteiger partial charge in [0.05, 0.1) is 5.69 Å². The minimum atomic E-state index is -0.263. The molecule has 1 amide bonds. The van der Waals surface area contributed by atoms with E-state index in [1.165, 1.54) is 12.1 Å². The number of benzene rings is 1. The lowest BCUT2D eigenvalue weighted by Crippen LogP contribution is -2.40. The number of amides is 1. The summed E-state index contributed by atoms with van der Waals surface area (Å²) in [5.41, 5.74) is 3.26. The smallest absolute Gasteiger partial charge is 0.272 e. The fourth-order valence-electron chi connectivity index (χ4n) is 3.48. The molecule has 0 bridgehead atoms. The third kappa shape index (κ3) is 3.12. The molecule has 7 heteroatoms. The number of likely N-dealkylation sites (tertiary alicyclic amines) is 1. The minimum Gasteiger partial charge on any atom is -0.337 e. The molecule has 0 aliphatic carbocycles. The van der Waals surface area contributed by atoms with Crippen LogP contribution in [0.1, 0.15) is 34.9 Å². The number of aromatic nitrogens is 4. The van der Waals surface area contributed by atoms with E-state index in [4.69, 9.17) is 0 Å². The van der Waals surface area contributed by atoms with Crippen molar-refractivity contribution < 1.29 is 9.18 Å². The van der Waals surface area contributed by atoms with Crippen molar-refractivity contribution >= 4 is 5.91 Å². The van der Waals surface area contributed by atoms with Crippen LogP contribution in [0.4, 0.5) is 4.39 Å². The zero-order chi connectivity index (χ0) is 18.1. The molecule has 3 heterocycles. The van der Waals surface area contributed by atoms with E-state index in [2.05, 4.69) is 15.3 Å². The molecule has 1 fully saturated rings. The van der Waals surface area contributed by atoms with Gasteiger partial charge in [0.25, 0.3) is 5.91 Å². The number of hydrogen-bond acceptors (Lipinski definition) is 3. The van der Waals surface area contributed by atoms with Gasteiger partial charge in [-0.25, -0.2) is 4.39 Å². The Morgan fingerprint density at radius 2 is 2.08 bits per heavy atom. The van der Waals surface area contributed by atoms with Crippen molar-refractivity contribution in [3.8, 4) is 11.3 Å². The Balaban J connectivity index is 1.51. The van der Waals surface area contributed by atoms with Gasteiger partial charge < -0.3 is 4.90 Å². The topological polar surface area (TPSA) is 66.8 Å². The van der Waals surface area contributed by atoms with Crippen molar-refractivity contribution in [2.24, 2.45) is 7.05 Å². The third-order valence-electron chi connectivity index (χ3n) is 4.93. The molecule has 3 aromatic rings. The number of nitrogens with one attached hydrogen (secondary N) is 1. The van der Waals surface area contributed by atoms with E-state index in [1.54, 1.807) is 36.1 Å². The second-order valence-corrected chi connectivity index (χ2v) is 6.65. The van der Waals surface area contributed by atoms with Crippen molar-refractivity contribution in [1.29, 1.82) is 0 Å². The number of nitrogens with zero attached hydrogens (tertiary/aromatic N) is 4. The number of halogens is 1. The lowest BCUT2D eigenvalue weighted by atomic mass is 9.94. The van der Waals surface area contributed by atoms with Gasteiger partial charge in [-0.2, -0.15) is 10.2 Å². The van der Waals surface area contributed by atoms with Crippen LogP contribution in [-0.4, -0.2) is 43.9 Å². The Morgan fingerprint density at radius 1 is 1.27 bits per heavy atom. The van der Waals surface area contributed by atoms with Crippen molar-refractivity contribution in [2.45, 2.75) is 18.8 Å². The average molecular weight is 353 g/mol. The first-order chi connectivity index (χ1) is 12.6. The minimum absolute atomic E-state index is 0.00738. The zero-order valence-electron chi connectivity index (χ0n) is 14.5. The number of aromatic amines is 1. The molecule has 1 N–H and O–H groups in total. The summed E-state index contributed by atoms with van der Waals surface area (Å²) in [4.78, 5) is 14.6. The lowest BCUT2D eigenvalue weighted by molar-refractivity contribution is 0.0694. The molecule has 6 nitrogen and oxygen atoms in total. The number of carbonyl (C=O) groups excluding carboxylic acids is 1. The molecule has 2 aromatic heterocycles. The largest absolute Gasteiger partial charge is 0.337 e. The molecule has 1 aliphatic heterocycles. The highest BCUT2D eigenvalue weighted by Crippen LogP contribution is 2.29. The van der Waals surface area contributed by atoms with Gasteiger partial charge in [0.1, 0.15) is 11.5 Å². The quantitative estimate of drug-likeness (QED) is 0.787. The molecule has 0 radical (unpaired) electrons. The molecular weight excluding hydrogens is 333 g/mol. The van der Waals surface area contributed by atoms with E-state index in [9.17, 15) is 9.18 Å². The van der Waals surface area contributed by atoms with Crippen LogP contribution in [0.5, 0.6) is 0 Å². The molecule has 1 aliphatic rings. The number of H-pyrrole nitrogens is 1. The molecule has 0 unspecified atom stereocenters. The Morgan fingerprint density at radius 3 is 2.81 bits per heavy atom. The van der Waals surface area contributed by atoms with Crippen molar-refractivity contribution in [2.75, 3.05) is 13.1 Å². The molecule has 26 heavy (non-hydrogen) atoms. The normalized spacial score (nSPS) is 17.5. The maximum atomic E-state index is 13.1. The number of carbonyl (C=O) groups is 1. The molecule has 0 spiro atoms. The summed E-state index contributed by atoms with van der Waals surface area (Å²) in [5.74, 6) is -0.0447. The van der Waals surface area contributed by atoms with Crippen LogP contribution >= 0.6 is 0 Å². The van der Waals surface area contributed by atoms with Crippen LogP contribution in [0.15, 0.2) is 42.6 Å². The fraction of sp³-hybridized carbons (Fsp3) is 0.316. The molecule has 134 valence electrons. The van der Waals surface area contributed by atoms with Gasteiger partial charge in [-0.1, -0.05) is 0 Å². The summed E-state index contributed by atoms with van der Waals surface area (Å²) in [5, 5.41) is 11.5. The summed E-state index contributed by atoms with van der Waals surface area (Å²) in [6, 6.07) is 10.0. The molecule has 1 aromatic carbocycles. The van der Waals surface area contributed by atoms with Gasteiger partial charge in [0, 0.05) is 43.5 Å². The highest BCUT2D eigenvalue weighted by atomic mass is 19.1. The summed E-state index contributed by atoms with van der Waals surface area (Å²) in [7, 11) is 1.78. The SMILES string of the molecule is Cn1nccc1C(=O)N1CCC[C@H](c2cc(-c3ccc(F)cc3)n[nH]2)C1.